The zero-order valence-electron chi connectivity index (χ0n) is 14.3. The van der Waals surface area contributed by atoms with Crippen LogP contribution in [-0.4, -0.2) is 43.0 Å². The van der Waals surface area contributed by atoms with E-state index in [4.69, 9.17) is 0 Å². The number of fused-ring (bicyclic) bond motifs is 1. The lowest BCUT2D eigenvalue weighted by Gasteiger charge is -2.21. The average Bonchev–Trinajstić information content (AvgIpc) is 3.01. The Labute approximate surface area is 160 Å². The van der Waals surface area contributed by atoms with E-state index in [-0.39, 0.29) is 5.91 Å². The van der Waals surface area contributed by atoms with Crippen LogP contribution in [-0.2, 0) is 0 Å². The molecule has 0 N–H and O–H groups in total. The van der Waals surface area contributed by atoms with E-state index in [0.717, 1.165) is 32.8 Å². The molecule has 2 aromatic carbocycles. The summed E-state index contributed by atoms with van der Waals surface area (Å²) in [5.41, 5.74) is 1.60. The molecule has 1 amide bonds. The van der Waals surface area contributed by atoms with Gasteiger partial charge in [-0.15, -0.1) is 0 Å². The maximum atomic E-state index is 13.1. The topological polar surface area (TPSA) is 36.4 Å². The Morgan fingerprint density at radius 3 is 2.64 bits per heavy atom. The van der Waals surface area contributed by atoms with Gasteiger partial charge in [0.1, 0.15) is 0 Å². The highest BCUT2D eigenvalue weighted by atomic mass is 79.9. The minimum Gasteiger partial charge on any atom is -0.309 e. The van der Waals surface area contributed by atoms with Crippen molar-refractivity contribution in [3.05, 3.63) is 58.6 Å². The van der Waals surface area contributed by atoms with Crippen LogP contribution >= 0.6 is 27.3 Å². The van der Waals surface area contributed by atoms with Gasteiger partial charge in [-0.1, -0.05) is 45.5 Å². The number of thiazole rings is 1. The summed E-state index contributed by atoms with van der Waals surface area (Å²) in [6.07, 6.45) is 0.892. The Morgan fingerprint density at radius 1 is 1.12 bits per heavy atom. The first kappa shape index (κ1) is 18.0. The number of carbonyl (C=O) groups excluding carboxylic acids is 1. The number of para-hydroxylation sites is 1. The minimum absolute atomic E-state index is 0.0147. The maximum Gasteiger partial charge on any atom is 0.260 e. The molecule has 3 aromatic rings. The number of benzene rings is 2. The first-order chi connectivity index (χ1) is 12.0. The molecule has 0 saturated carbocycles. The molecule has 0 saturated heterocycles. The second-order valence-electron chi connectivity index (χ2n) is 6.09. The molecule has 6 heteroatoms. The van der Waals surface area contributed by atoms with Crippen molar-refractivity contribution in [1.29, 1.82) is 0 Å². The highest BCUT2D eigenvalue weighted by molar-refractivity contribution is 9.10. The van der Waals surface area contributed by atoms with Crippen molar-refractivity contribution in [3.63, 3.8) is 0 Å². The Hall–Kier alpha value is -1.76. The summed E-state index contributed by atoms with van der Waals surface area (Å²) in [5, 5.41) is 0.755. The first-order valence-electron chi connectivity index (χ1n) is 8.12. The molecule has 4 nitrogen and oxygen atoms in total. The number of carbonyl (C=O) groups is 1. The molecule has 0 atom stereocenters. The molecule has 0 radical (unpaired) electrons. The first-order valence-corrected chi connectivity index (χ1v) is 9.73. The van der Waals surface area contributed by atoms with Crippen LogP contribution in [0, 0.1) is 0 Å². The van der Waals surface area contributed by atoms with Crippen LogP contribution in [0.15, 0.2) is 53.0 Å². The molecule has 0 aliphatic carbocycles. The van der Waals surface area contributed by atoms with Gasteiger partial charge in [0.2, 0.25) is 0 Å². The minimum atomic E-state index is -0.0147. The van der Waals surface area contributed by atoms with E-state index in [0.29, 0.717) is 12.1 Å². The molecule has 0 unspecified atom stereocenters. The monoisotopic (exact) mass is 417 g/mol. The third-order valence-electron chi connectivity index (χ3n) is 3.82. The van der Waals surface area contributed by atoms with Gasteiger partial charge in [0.05, 0.1) is 10.2 Å². The van der Waals surface area contributed by atoms with Crippen molar-refractivity contribution in [2.45, 2.75) is 6.42 Å². The highest BCUT2D eigenvalue weighted by Crippen LogP contribution is 2.30. The fourth-order valence-corrected chi connectivity index (χ4v) is 3.97. The van der Waals surface area contributed by atoms with E-state index in [1.807, 2.05) is 62.6 Å². The van der Waals surface area contributed by atoms with Gasteiger partial charge in [-0.05, 0) is 57.4 Å². The normalized spacial score (nSPS) is 11.2. The average molecular weight is 418 g/mol. The van der Waals surface area contributed by atoms with Gasteiger partial charge >= 0.3 is 0 Å². The zero-order chi connectivity index (χ0) is 17.8. The summed E-state index contributed by atoms with van der Waals surface area (Å²) in [4.78, 5) is 21.7. The van der Waals surface area contributed by atoms with Crippen LogP contribution in [0.3, 0.4) is 0 Å². The molecule has 0 spiro atoms. The Bertz CT molecular complexity index is 845. The van der Waals surface area contributed by atoms with Crippen molar-refractivity contribution >= 4 is 48.5 Å². The van der Waals surface area contributed by atoms with E-state index < -0.39 is 0 Å². The van der Waals surface area contributed by atoms with Crippen LogP contribution in [0.1, 0.15) is 16.8 Å². The predicted octanol–water partition coefficient (Wildman–Crippen LogP) is 4.66. The summed E-state index contributed by atoms with van der Waals surface area (Å²) in [5.74, 6) is -0.0147. The molecule has 0 aliphatic rings. The van der Waals surface area contributed by atoms with E-state index in [1.54, 1.807) is 16.2 Å². The van der Waals surface area contributed by atoms with Gasteiger partial charge in [-0.3, -0.25) is 9.69 Å². The summed E-state index contributed by atoms with van der Waals surface area (Å²) < 4.78 is 1.99. The number of amides is 1. The highest BCUT2D eigenvalue weighted by Gasteiger charge is 2.21. The van der Waals surface area contributed by atoms with Crippen LogP contribution in [0.4, 0.5) is 5.13 Å². The molecule has 25 heavy (non-hydrogen) atoms. The fraction of sp³-hybridized carbons (Fsp3) is 0.263. The zero-order valence-corrected chi connectivity index (χ0v) is 16.7. The van der Waals surface area contributed by atoms with Crippen molar-refractivity contribution in [2.75, 3.05) is 32.1 Å². The predicted molar refractivity (Wildman–Crippen MR) is 109 cm³/mol. The summed E-state index contributed by atoms with van der Waals surface area (Å²) in [7, 11) is 4.08. The van der Waals surface area contributed by atoms with Crippen LogP contribution in [0.2, 0.25) is 0 Å². The van der Waals surface area contributed by atoms with Crippen molar-refractivity contribution in [3.8, 4) is 0 Å². The van der Waals surface area contributed by atoms with Crippen molar-refractivity contribution in [2.24, 2.45) is 0 Å². The lowest BCUT2D eigenvalue weighted by molar-refractivity contribution is 0.0986. The Morgan fingerprint density at radius 2 is 1.92 bits per heavy atom. The quantitative estimate of drug-likeness (QED) is 0.585. The maximum absolute atomic E-state index is 13.1. The molecule has 1 heterocycles. The Balaban J connectivity index is 1.92. The standard InChI is InChI=1S/C19H20BrN3OS/c1-22(2)11-6-12-23(18(24)14-7-5-8-15(20)13-14)19-21-16-9-3-4-10-17(16)25-19/h3-5,7-10,13H,6,11-12H2,1-2H3. The number of rotatable bonds is 6. The molecule has 0 aliphatic heterocycles. The lowest BCUT2D eigenvalue weighted by atomic mass is 10.2. The van der Waals surface area contributed by atoms with Crippen molar-refractivity contribution in [1.82, 2.24) is 9.88 Å². The van der Waals surface area contributed by atoms with Gasteiger partial charge in [-0.2, -0.15) is 0 Å². The van der Waals surface area contributed by atoms with Crippen LogP contribution < -0.4 is 4.90 Å². The van der Waals surface area contributed by atoms with Gasteiger partial charge in [0, 0.05) is 16.6 Å². The number of anilines is 1. The fourth-order valence-electron chi connectivity index (χ4n) is 2.58. The molecule has 0 fully saturated rings. The van der Waals surface area contributed by atoms with Crippen molar-refractivity contribution < 1.29 is 4.79 Å². The largest absolute Gasteiger partial charge is 0.309 e. The van der Waals surface area contributed by atoms with Crippen LogP contribution in [0.5, 0.6) is 0 Å². The number of hydrogen-bond acceptors (Lipinski definition) is 4. The molecular weight excluding hydrogens is 398 g/mol. The third kappa shape index (κ3) is 4.45. The van der Waals surface area contributed by atoms with Gasteiger partial charge in [-0.25, -0.2) is 4.98 Å². The van der Waals surface area contributed by atoms with E-state index in [1.165, 1.54) is 0 Å². The number of halogens is 1. The molecule has 0 bridgehead atoms. The molecule has 3 rings (SSSR count). The molecule has 130 valence electrons. The molecule has 1 aromatic heterocycles. The summed E-state index contributed by atoms with van der Waals surface area (Å²) in [6, 6.07) is 15.5. The second kappa shape index (κ2) is 8.08. The third-order valence-corrected chi connectivity index (χ3v) is 5.37. The smallest absolute Gasteiger partial charge is 0.260 e. The van der Waals surface area contributed by atoms with Gasteiger partial charge in [0.25, 0.3) is 5.91 Å². The Kier molecular flexibility index (Phi) is 5.83. The van der Waals surface area contributed by atoms with Crippen LogP contribution in [0.25, 0.3) is 10.2 Å². The summed E-state index contributed by atoms with van der Waals surface area (Å²) in [6.45, 7) is 1.57. The summed E-state index contributed by atoms with van der Waals surface area (Å²) >= 11 is 5.01. The number of hydrogen-bond donors (Lipinski definition) is 0. The number of nitrogens with zero attached hydrogens (tertiary/aromatic N) is 3. The van der Waals surface area contributed by atoms with E-state index in [9.17, 15) is 4.79 Å². The lowest BCUT2D eigenvalue weighted by Crippen LogP contribution is -2.33. The van der Waals surface area contributed by atoms with E-state index >= 15 is 0 Å². The second-order valence-corrected chi connectivity index (χ2v) is 8.01. The van der Waals surface area contributed by atoms with Gasteiger partial charge < -0.3 is 4.90 Å². The SMILES string of the molecule is CN(C)CCCN(C(=O)c1cccc(Br)c1)c1nc2ccccc2s1. The molecular formula is C19H20BrN3OS. The number of aromatic nitrogens is 1. The van der Waals surface area contributed by atoms with E-state index in [2.05, 4.69) is 25.8 Å². The van der Waals surface area contributed by atoms with Gasteiger partial charge in [0.15, 0.2) is 5.13 Å².